The summed E-state index contributed by atoms with van der Waals surface area (Å²) in [6.45, 7) is 0. The summed E-state index contributed by atoms with van der Waals surface area (Å²) in [5.74, 6) is 0.198. The van der Waals surface area contributed by atoms with Crippen LogP contribution in [0.2, 0.25) is 5.28 Å². The molecule has 0 radical (unpaired) electrons. The molecule has 0 saturated carbocycles. The monoisotopic (exact) mass is 274 g/mol. The van der Waals surface area contributed by atoms with Crippen LogP contribution in [0.4, 0.5) is 4.39 Å². The normalized spacial score (nSPS) is 10.6. The first-order chi connectivity index (χ1) is 9.24. The molecule has 2 aromatic heterocycles. The van der Waals surface area contributed by atoms with Crippen molar-refractivity contribution in [2.75, 3.05) is 0 Å². The van der Waals surface area contributed by atoms with Crippen molar-refractivity contribution in [3.63, 3.8) is 0 Å². The van der Waals surface area contributed by atoms with Crippen LogP contribution in [-0.4, -0.2) is 19.9 Å². The number of benzene rings is 1. The second-order valence-electron chi connectivity index (χ2n) is 3.85. The van der Waals surface area contributed by atoms with E-state index >= 15 is 0 Å². The second-order valence-corrected chi connectivity index (χ2v) is 4.19. The summed E-state index contributed by atoms with van der Waals surface area (Å²) < 4.78 is 13.7. The van der Waals surface area contributed by atoms with Crippen molar-refractivity contribution in [2.24, 2.45) is 0 Å². The van der Waals surface area contributed by atoms with Gasteiger partial charge < -0.3 is 4.98 Å². The molecular formula is C13H8ClFN4. The molecule has 0 aliphatic heterocycles. The molecule has 1 N–H and O–H groups in total. The minimum Gasteiger partial charge on any atom is -0.345 e. The smallest absolute Gasteiger partial charge is 0.223 e. The number of hydrogen-bond acceptors (Lipinski definition) is 3. The van der Waals surface area contributed by atoms with E-state index in [1.807, 2.05) is 12.1 Å². The molecule has 3 rings (SSSR count). The van der Waals surface area contributed by atoms with E-state index in [1.165, 1.54) is 0 Å². The number of hydrogen-bond donors (Lipinski definition) is 1. The Morgan fingerprint density at radius 3 is 2.79 bits per heavy atom. The number of imidazole rings is 1. The van der Waals surface area contributed by atoms with Crippen LogP contribution in [0.15, 0.2) is 42.9 Å². The fourth-order valence-electron chi connectivity index (χ4n) is 1.78. The Kier molecular flexibility index (Phi) is 2.97. The highest BCUT2D eigenvalue weighted by atomic mass is 35.5. The molecule has 0 bridgehead atoms. The van der Waals surface area contributed by atoms with Crippen molar-refractivity contribution in [1.82, 2.24) is 19.9 Å². The van der Waals surface area contributed by atoms with E-state index in [2.05, 4.69) is 19.9 Å². The maximum Gasteiger partial charge on any atom is 0.223 e. The Balaban J connectivity index is 2.11. The molecule has 0 amide bonds. The Bertz CT molecular complexity index is 712. The molecule has 0 saturated heterocycles. The van der Waals surface area contributed by atoms with Crippen LogP contribution in [-0.2, 0) is 0 Å². The summed E-state index contributed by atoms with van der Waals surface area (Å²) >= 11 is 5.70. The highest BCUT2D eigenvalue weighted by Crippen LogP contribution is 2.25. The molecule has 0 unspecified atom stereocenters. The molecule has 3 aromatic rings. The zero-order valence-corrected chi connectivity index (χ0v) is 10.4. The van der Waals surface area contributed by atoms with Crippen LogP contribution in [0.3, 0.4) is 0 Å². The number of aromatic nitrogens is 4. The molecule has 0 spiro atoms. The molecule has 0 aliphatic carbocycles. The average molecular weight is 275 g/mol. The summed E-state index contributed by atoms with van der Waals surface area (Å²) in [5, 5.41) is 0.0137. The predicted octanol–water partition coefficient (Wildman–Crippen LogP) is 3.33. The van der Waals surface area contributed by atoms with Gasteiger partial charge >= 0.3 is 0 Å². The van der Waals surface area contributed by atoms with Gasteiger partial charge in [-0.15, -0.1) is 0 Å². The van der Waals surface area contributed by atoms with Gasteiger partial charge in [-0.2, -0.15) is 0 Å². The highest BCUT2D eigenvalue weighted by Gasteiger charge is 2.10. The van der Waals surface area contributed by atoms with Gasteiger partial charge in [0.05, 0.1) is 6.20 Å². The molecule has 0 atom stereocenters. The lowest BCUT2D eigenvalue weighted by atomic mass is 10.1. The van der Waals surface area contributed by atoms with E-state index in [4.69, 9.17) is 11.6 Å². The molecule has 4 nitrogen and oxygen atoms in total. The van der Waals surface area contributed by atoms with Crippen LogP contribution in [0.1, 0.15) is 0 Å². The Labute approximate surface area is 113 Å². The van der Waals surface area contributed by atoms with Crippen molar-refractivity contribution in [2.45, 2.75) is 0 Å². The highest BCUT2D eigenvalue weighted by molar-refractivity contribution is 6.28. The average Bonchev–Trinajstić information content (AvgIpc) is 2.96. The van der Waals surface area contributed by atoms with Crippen LogP contribution in [0, 0.1) is 5.82 Å². The lowest BCUT2D eigenvalue weighted by molar-refractivity contribution is 0.618. The van der Waals surface area contributed by atoms with E-state index in [1.54, 1.807) is 24.5 Å². The van der Waals surface area contributed by atoms with E-state index < -0.39 is 5.82 Å². The maximum atomic E-state index is 13.7. The van der Waals surface area contributed by atoms with Gasteiger partial charge in [0.1, 0.15) is 11.5 Å². The molecule has 2 heterocycles. The molecule has 19 heavy (non-hydrogen) atoms. The van der Waals surface area contributed by atoms with Crippen molar-refractivity contribution in [3.05, 3.63) is 54.0 Å². The van der Waals surface area contributed by atoms with Gasteiger partial charge in [-0.3, -0.25) is 0 Å². The van der Waals surface area contributed by atoms with Crippen molar-refractivity contribution >= 4 is 11.6 Å². The first-order valence-electron chi connectivity index (χ1n) is 5.52. The molecule has 6 heteroatoms. The zero-order valence-electron chi connectivity index (χ0n) is 9.64. The van der Waals surface area contributed by atoms with Gasteiger partial charge in [-0.1, -0.05) is 18.2 Å². The third-order valence-corrected chi connectivity index (χ3v) is 2.80. The molecule has 0 fully saturated rings. The summed E-state index contributed by atoms with van der Waals surface area (Å²) in [6.07, 6.45) is 4.44. The fourth-order valence-corrected chi connectivity index (χ4v) is 1.92. The van der Waals surface area contributed by atoms with Crippen molar-refractivity contribution in [3.8, 4) is 22.6 Å². The first-order valence-corrected chi connectivity index (χ1v) is 5.90. The Hall–Kier alpha value is -2.27. The minimum absolute atomic E-state index is 0.0137. The predicted molar refractivity (Wildman–Crippen MR) is 70.0 cm³/mol. The molecule has 0 aliphatic rings. The number of H-pyrrole nitrogens is 1. The van der Waals surface area contributed by atoms with Gasteiger partial charge in [-0.05, 0) is 17.7 Å². The van der Waals surface area contributed by atoms with E-state index in [9.17, 15) is 4.39 Å². The molecule has 94 valence electrons. The topological polar surface area (TPSA) is 54.5 Å². The third kappa shape index (κ3) is 2.32. The van der Waals surface area contributed by atoms with Gasteiger partial charge in [0.2, 0.25) is 5.28 Å². The van der Waals surface area contributed by atoms with Crippen molar-refractivity contribution < 1.29 is 4.39 Å². The summed E-state index contributed by atoms with van der Waals surface area (Å²) in [7, 11) is 0. The Morgan fingerprint density at radius 1 is 1.16 bits per heavy atom. The quantitative estimate of drug-likeness (QED) is 0.729. The SMILES string of the molecule is Fc1cnc(Cl)nc1-c1cccc(-c2ncc[nH]2)c1. The largest absolute Gasteiger partial charge is 0.345 e. The van der Waals surface area contributed by atoms with Crippen LogP contribution in [0.5, 0.6) is 0 Å². The molecular weight excluding hydrogens is 267 g/mol. The van der Waals surface area contributed by atoms with Gasteiger partial charge in [-0.25, -0.2) is 19.3 Å². The minimum atomic E-state index is -0.513. The van der Waals surface area contributed by atoms with Gasteiger partial charge in [0.25, 0.3) is 0 Å². The lowest BCUT2D eigenvalue weighted by Gasteiger charge is -2.04. The van der Waals surface area contributed by atoms with E-state index in [0.717, 1.165) is 11.8 Å². The first kappa shape index (κ1) is 11.8. The van der Waals surface area contributed by atoms with E-state index in [0.29, 0.717) is 11.4 Å². The third-order valence-electron chi connectivity index (χ3n) is 2.62. The summed E-state index contributed by atoms with van der Waals surface area (Å²) in [4.78, 5) is 14.7. The zero-order chi connectivity index (χ0) is 13.2. The second kappa shape index (κ2) is 4.78. The number of halogens is 2. The lowest BCUT2D eigenvalue weighted by Crippen LogP contribution is -1.93. The summed E-state index contributed by atoms with van der Waals surface area (Å²) in [6, 6.07) is 7.24. The van der Waals surface area contributed by atoms with Gasteiger partial charge in [0, 0.05) is 23.5 Å². The Morgan fingerprint density at radius 2 is 2.00 bits per heavy atom. The van der Waals surface area contributed by atoms with Crippen molar-refractivity contribution in [1.29, 1.82) is 0 Å². The number of aromatic amines is 1. The molecule has 1 aromatic carbocycles. The van der Waals surface area contributed by atoms with Crippen LogP contribution in [0.25, 0.3) is 22.6 Å². The standard InChI is InChI=1S/C13H8ClFN4/c14-13-18-7-10(15)11(19-13)8-2-1-3-9(6-8)12-16-4-5-17-12/h1-7H,(H,16,17). The summed E-state index contributed by atoms with van der Waals surface area (Å²) in [5.41, 5.74) is 1.64. The number of rotatable bonds is 2. The van der Waals surface area contributed by atoms with E-state index in [-0.39, 0.29) is 11.0 Å². The number of nitrogens with zero attached hydrogens (tertiary/aromatic N) is 3. The maximum absolute atomic E-state index is 13.7. The van der Waals surface area contributed by atoms with Crippen LogP contribution < -0.4 is 0 Å². The van der Waals surface area contributed by atoms with Gasteiger partial charge in [0.15, 0.2) is 5.82 Å². The fraction of sp³-hybridized carbons (Fsp3) is 0. The number of nitrogens with one attached hydrogen (secondary N) is 1. The van der Waals surface area contributed by atoms with Crippen LogP contribution >= 0.6 is 11.6 Å².